The van der Waals surface area contributed by atoms with E-state index in [0.717, 1.165) is 77.0 Å². The lowest BCUT2D eigenvalue weighted by atomic mass is 10.0. The molecular formula is C90H164NO8+. The number of carboxylic acids is 1. The van der Waals surface area contributed by atoms with Gasteiger partial charge >= 0.3 is 17.9 Å². The Hall–Kier alpha value is -3.53. The summed E-state index contributed by atoms with van der Waals surface area (Å²) >= 11 is 0. The molecule has 0 saturated heterocycles. The summed E-state index contributed by atoms with van der Waals surface area (Å²) in [7, 11) is 6.00. The van der Waals surface area contributed by atoms with Gasteiger partial charge in [-0.3, -0.25) is 9.59 Å². The van der Waals surface area contributed by atoms with Crippen molar-refractivity contribution in [3.05, 3.63) is 85.1 Å². The van der Waals surface area contributed by atoms with E-state index in [2.05, 4.69) is 98.9 Å². The summed E-state index contributed by atoms with van der Waals surface area (Å²) in [6.45, 7) is 4.83. The third-order valence-corrected chi connectivity index (χ3v) is 19.1. The van der Waals surface area contributed by atoms with Crippen molar-refractivity contribution in [2.75, 3.05) is 47.5 Å². The minimum Gasteiger partial charge on any atom is -0.477 e. The fraction of sp³-hybridized carbons (Fsp3) is 0.811. The zero-order valence-corrected chi connectivity index (χ0v) is 66.2. The third kappa shape index (κ3) is 81.6. The Bertz CT molecular complexity index is 1910. The van der Waals surface area contributed by atoms with Crippen LogP contribution >= 0.6 is 0 Å². The van der Waals surface area contributed by atoms with Crippen LogP contribution in [-0.2, 0) is 33.3 Å². The molecule has 2 unspecified atom stereocenters. The Balaban J connectivity index is 3.95. The van der Waals surface area contributed by atoms with Crippen LogP contribution in [0.2, 0.25) is 0 Å². The van der Waals surface area contributed by atoms with Crippen LogP contribution in [0.4, 0.5) is 0 Å². The van der Waals surface area contributed by atoms with Gasteiger partial charge in [0.25, 0.3) is 6.29 Å². The number of carbonyl (C=O) groups is 3. The van der Waals surface area contributed by atoms with Crippen molar-refractivity contribution in [2.45, 2.75) is 424 Å². The van der Waals surface area contributed by atoms with Crippen LogP contribution < -0.4 is 0 Å². The summed E-state index contributed by atoms with van der Waals surface area (Å²) in [4.78, 5) is 37.8. The first-order valence-electron chi connectivity index (χ1n) is 42.8. The number of quaternary nitrogens is 1. The lowest BCUT2D eigenvalue weighted by Gasteiger charge is -2.25. The normalized spacial score (nSPS) is 13.0. The summed E-state index contributed by atoms with van der Waals surface area (Å²) in [6.07, 6.45) is 108. The number of unbranched alkanes of at least 4 members (excludes halogenated alkanes) is 51. The van der Waals surface area contributed by atoms with Gasteiger partial charge in [-0.15, -0.1) is 0 Å². The highest BCUT2D eigenvalue weighted by molar-refractivity contribution is 5.71. The summed E-state index contributed by atoms with van der Waals surface area (Å²) in [6, 6.07) is 0. The summed E-state index contributed by atoms with van der Waals surface area (Å²) in [5.41, 5.74) is 0. The Morgan fingerprint density at radius 3 is 0.869 bits per heavy atom. The monoisotopic (exact) mass is 1390 g/mol. The van der Waals surface area contributed by atoms with Gasteiger partial charge in [0.05, 0.1) is 34.4 Å². The number of hydrogen-bond donors (Lipinski definition) is 1. The number of hydrogen-bond acceptors (Lipinski definition) is 7. The maximum atomic E-state index is 13.0. The van der Waals surface area contributed by atoms with Gasteiger partial charge in [-0.25, -0.2) is 4.79 Å². The highest BCUT2D eigenvalue weighted by Gasteiger charge is 2.25. The van der Waals surface area contributed by atoms with E-state index in [1.807, 2.05) is 21.1 Å². The van der Waals surface area contributed by atoms with Gasteiger partial charge in [-0.2, -0.15) is 0 Å². The highest BCUT2D eigenvalue weighted by atomic mass is 16.7. The Morgan fingerprint density at radius 2 is 0.576 bits per heavy atom. The molecule has 0 bridgehead atoms. The molecule has 0 radical (unpaired) electrons. The third-order valence-electron chi connectivity index (χ3n) is 19.1. The maximum absolute atomic E-state index is 13.0. The number of esters is 2. The van der Waals surface area contributed by atoms with Crippen molar-refractivity contribution in [3.8, 4) is 0 Å². The summed E-state index contributed by atoms with van der Waals surface area (Å²) in [5, 5.41) is 9.79. The maximum Gasteiger partial charge on any atom is 0.361 e. The van der Waals surface area contributed by atoms with Crippen LogP contribution in [0.15, 0.2) is 85.1 Å². The van der Waals surface area contributed by atoms with Crippen molar-refractivity contribution in [3.63, 3.8) is 0 Å². The molecule has 0 aromatic carbocycles. The van der Waals surface area contributed by atoms with E-state index < -0.39 is 18.4 Å². The average Bonchev–Trinajstić information content (AvgIpc) is 1.14. The van der Waals surface area contributed by atoms with E-state index >= 15 is 0 Å². The molecule has 0 amide bonds. The lowest BCUT2D eigenvalue weighted by molar-refractivity contribution is -0.870. The molecule has 99 heavy (non-hydrogen) atoms. The quantitative estimate of drug-likeness (QED) is 0.0211. The molecule has 0 aliphatic heterocycles. The van der Waals surface area contributed by atoms with E-state index in [1.54, 1.807) is 0 Å². The molecule has 0 heterocycles. The molecular weight excluding hydrogens is 1220 g/mol. The molecule has 9 nitrogen and oxygen atoms in total. The first-order valence-corrected chi connectivity index (χ1v) is 42.8. The van der Waals surface area contributed by atoms with Crippen LogP contribution in [0.5, 0.6) is 0 Å². The number of allylic oxidation sites excluding steroid dienone is 14. The van der Waals surface area contributed by atoms with E-state index in [1.165, 1.54) is 308 Å². The molecule has 0 spiro atoms. The first-order chi connectivity index (χ1) is 48.6. The predicted molar refractivity (Wildman–Crippen MR) is 429 cm³/mol. The number of ether oxygens (including phenoxy) is 4. The van der Waals surface area contributed by atoms with Gasteiger partial charge in [0.15, 0.2) is 6.10 Å². The number of carboxylic acid groups (broad SMARTS) is 1. The Labute approximate surface area is 614 Å². The van der Waals surface area contributed by atoms with Crippen molar-refractivity contribution in [1.29, 1.82) is 0 Å². The van der Waals surface area contributed by atoms with Crippen LogP contribution in [0.1, 0.15) is 412 Å². The molecule has 0 aliphatic rings. The zero-order chi connectivity index (χ0) is 71.8. The number of rotatable bonds is 80. The van der Waals surface area contributed by atoms with Crippen molar-refractivity contribution in [2.24, 2.45) is 0 Å². The standard InChI is InChI=1S/C90H163NO8/c1-6-8-10-12-14-16-18-20-22-24-26-28-30-32-34-36-38-40-42-43-44-45-47-49-51-53-55-57-59-61-63-65-67-69-71-73-75-77-79-81-88(93)99-86(85-98-90(89(94)95)96-83-82-91(3,4)5)84-97-87(92)80-78-76-74-72-70-68-66-64-62-60-58-56-54-52-50-48-46-41-39-37-35-33-31-29-27-25-23-21-19-17-15-13-11-9-7-2/h8,10,14,16,20,22,25-28,32,34,38,40,86,90H,6-7,9,11-13,15,17-19,21,23-24,29-31,33,35-37,39,41-85H2,1-5H3/p+1/b10-8-,16-14-,22-20-,27-25-,28-26-,34-32-,40-38-. The number of likely N-dealkylation sites (N-methyl/N-ethyl adjacent to an activating group) is 1. The minimum atomic E-state index is -1.51. The highest BCUT2D eigenvalue weighted by Crippen LogP contribution is 2.20. The molecule has 0 aromatic heterocycles. The van der Waals surface area contributed by atoms with E-state index in [9.17, 15) is 19.5 Å². The van der Waals surface area contributed by atoms with Gasteiger partial charge < -0.3 is 28.5 Å². The molecule has 2 atom stereocenters. The van der Waals surface area contributed by atoms with E-state index in [-0.39, 0.29) is 38.2 Å². The molecule has 576 valence electrons. The van der Waals surface area contributed by atoms with Gasteiger partial charge in [0.2, 0.25) is 0 Å². The fourth-order valence-electron chi connectivity index (χ4n) is 12.7. The number of carbonyl (C=O) groups excluding carboxylic acids is 2. The second-order valence-corrected chi connectivity index (χ2v) is 30.1. The number of nitrogens with zero attached hydrogens (tertiary/aromatic N) is 1. The van der Waals surface area contributed by atoms with E-state index in [4.69, 9.17) is 18.9 Å². The second kappa shape index (κ2) is 80.2. The van der Waals surface area contributed by atoms with Crippen LogP contribution in [-0.4, -0.2) is 87.4 Å². The van der Waals surface area contributed by atoms with Crippen LogP contribution in [0.3, 0.4) is 0 Å². The molecule has 9 heteroatoms. The van der Waals surface area contributed by atoms with E-state index in [0.29, 0.717) is 17.4 Å². The first kappa shape index (κ1) is 95.5. The lowest BCUT2D eigenvalue weighted by Crippen LogP contribution is -2.40. The predicted octanol–water partition coefficient (Wildman–Crippen LogP) is 27.7. The number of aliphatic carboxylic acids is 1. The van der Waals surface area contributed by atoms with Crippen LogP contribution in [0, 0.1) is 0 Å². The second-order valence-electron chi connectivity index (χ2n) is 30.1. The molecule has 0 saturated carbocycles. The van der Waals surface area contributed by atoms with Gasteiger partial charge in [0, 0.05) is 12.8 Å². The molecule has 0 fully saturated rings. The molecule has 0 aromatic rings. The smallest absolute Gasteiger partial charge is 0.361 e. The SMILES string of the molecule is CC/C=C\C/C=C\C/C=C\C/C=C\C/C=C\C/C=C\CCCCCCCCCCCCCCCCCCCCCCC(=O)OC(COC(=O)CCCCCCCCCCCCCCCCCCCCCCCCC/C=C\CCCCCCCCCC)COC(OCC[N+](C)(C)C)C(=O)O. The van der Waals surface area contributed by atoms with Crippen molar-refractivity contribution < 1.29 is 42.9 Å². The Morgan fingerprint density at radius 1 is 0.313 bits per heavy atom. The summed E-state index contributed by atoms with van der Waals surface area (Å²) in [5.74, 6) is -1.98. The Kier molecular flexibility index (Phi) is 77.3. The fourth-order valence-corrected chi connectivity index (χ4v) is 12.7. The van der Waals surface area contributed by atoms with Crippen molar-refractivity contribution >= 4 is 17.9 Å². The van der Waals surface area contributed by atoms with Gasteiger partial charge in [0.1, 0.15) is 13.2 Å². The topological polar surface area (TPSA) is 108 Å². The van der Waals surface area contributed by atoms with Crippen molar-refractivity contribution in [1.82, 2.24) is 0 Å². The summed E-state index contributed by atoms with van der Waals surface area (Å²) < 4.78 is 23.1. The zero-order valence-electron chi connectivity index (χ0n) is 66.2. The largest absolute Gasteiger partial charge is 0.477 e. The van der Waals surface area contributed by atoms with Gasteiger partial charge in [-0.05, 0) is 89.9 Å². The molecule has 0 rings (SSSR count). The minimum absolute atomic E-state index is 0.178. The van der Waals surface area contributed by atoms with Crippen LogP contribution in [0.25, 0.3) is 0 Å². The van der Waals surface area contributed by atoms with Gasteiger partial charge in [-0.1, -0.05) is 394 Å². The molecule has 0 aliphatic carbocycles. The molecule has 1 N–H and O–H groups in total. The average molecular weight is 1390 g/mol.